The van der Waals surface area contributed by atoms with Gasteiger partial charge in [0.1, 0.15) is 0 Å². The van der Waals surface area contributed by atoms with E-state index in [1.165, 1.54) is 39.7 Å². The van der Waals surface area contributed by atoms with Crippen molar-refractivity contribution in [1.29, 1.82) is 0 Å². The molecule has 1 aromatic heterocycles. The first-order valence-electron chi connectivity index (χ1n) is 8.33. The summed E-state index contributed by atoms with van der Waals surface area (Å²) in [6, 6.07) is 4.57. The number of sulfonamides is 1. The molecule has 0 bridgehead atoms. The number of rotatable bonds is 2. The van der Waals surface area contributed by atoms with Crippen molar-refractivity contribution in [2.45, 2.75) is 25.2 Å². The molecule has 0 amide bonds. The first-order valence-corrected chi connectivity index (χ1v) is 9.77. The molecule has 7 nitrogen and oxygen atoms in total. The Morgan fingerprint density at radius 3 is 2.00 bits per heavy atom. The molecule has 0 radical (unpaired) electrons. The van der Waals surface area contributed by atoms with Gasteiger partial charge in [0.2, 0.25) is 10.0 Å². The van der Waals surface area contributed by atoms with Crippen LogP contribution in [0.5, 0.6) is 0 Å². The minimum atomic E-state index is -3.64. The van der Waals surface area contributed by atoms with Crippen molar-refractivity contribution in [2.24, 2.45) is 25.9 Å². The molecule has 1 saturated heterocycles. The van der Waals surface area contributed by atoms with Crippen molar-refractivity contribution in [2.75, 3.05) is 13.1 Å². The monoisotopic (exact) mass is 365 g/mol. The van der Waals surface area contributed by atoms with Crippen LogP contribution in [0.1, 0.15) is 20.3 Å². The van der Waals surface area contributed by atoms with Crippen molar-refractivity contribution in [3.63, 3.8) is 0 Å². The average Bonchev–Trinajstić information content (AvgIpc) is 2.56. The molecule has 1 fully saturated rings. The smallest absolute Gasteiger partial charge is 0.305 e. The predicted octanol–water partition coefficient (Wildman–Crippen LogP) is 0.904. The second-order valence-electron chi connectivity index (χ2n) is 7.15. The molecule has 1 aliphatic rings. The van der Waals surface area contributed by atoms with Crippen LogP contribution in [0.25, 0.3) is 11.0 Å². The van der Waals surface area contributed by atoms with E-state index in [1.807, 2.05) is 0 Å². The second kappa shape index (κ2) is 6.10. The fraction of sp³-hybridized carbons (Fsp3) is 0.529. The molecule has 2 heterocycles. The SMILES string of the molecule is C[C@@H]1C[C@@H](C)CN(S(=O)(=O)c2ccc3c(c2)n(C)c(=O)c(=O)n3C)C1. The van der Waals surface area contributed by atoms with Crippen LogP contribution in [0, 0.1) is 11.8 Å². The summed E-state index contributed by atoms with van der Waals surface area (Å²) >= 11 is 0. The molecular weight excluding hydrogens is 342 g/mol. The van der Waals surface area contributed by atoms with Gasteiger partial charge in [-0.05, 0) is 36.5 Å². The van der Waals surface area contributed by atoms with Gasteiger partial charge in [0, 0.05) is 27.2 Å². The third kappa shape index (κ3) is 2.93. The number of fused-ring (bicyclic) bond motifs is 1. The lowest BCUT2D eigenvalue weighted by Crippen LogP contribution is -2.42. The molecule has 1 aliphatic heterocycles. The first-order chi connectivity index (χ1) is 11.6. The number of benzene rings is 1. The fourth-order valence-electron chi connectivity index (χ4n) is 3.67. The molecule has 0 spiro atoms. The van der Waals surface area contributed by atoms with Gasteiger partial charge in [-0.15, -0.1) is 0 Å². The number of piperidine rings is 1. The molecule has 0 aliphatic carbocycles. The number of aromatic nitrogens is 2. The van der Waals surface area contributed by atoms with E-state index >= 15 is 0 Å². The Bertz CT molecular complexity index is 1040. The summed E-state index contributed by atoms with van der Waals surface area (Å²) in [6.07, 6.45) is 1.01. The van der Waals surface area contributed by atoms with Gasteiger partial charge in [-0.2, -0.15) is 4.31 Å². The van der Waals surface area contributed by atoms with Gasteiger partial charge in [0.25, 0.3) is 0 Å². The largest absolute Gasteiger partial charge is 0.316 e. The van der Waals surface area contributed by atoms with Crippen molar-refractivity contribution in [1.82, 2.24) is 13.4 Å². The summed E-state index contributed by atoms with van der Waals surface area (Å²) in [4.78, 5) is 24.1. The number of aryl methyl sites for hydroxylation is 2. The molecule has 0 unspecified atom stereocenters. The highest BCUT2D eigenvalue weighted by molar-refractivity contribution is 7.89. The van der Waals surface area contributed by atoms with Crippen molar-refractivity contribution >= 4 is 21.1 Å². The van der Waals surface area contributed by atoms with Gasteiger partial charge >= 0.3 is 11.1 Å². The molecule has 8 heteroatoms. The Balaban J connectivity index is 2.16. The molecule has 3 rings (SSSR count). The van der Waals surface area contributed by atoms with Crippen LogP contribution in [-0.4, -0.2) is 34.9 Å². The van der Waals surface area contributed by atoms with Crippen molar-refractivity contribution in [3.8, 4) is 0 Å². The van der Waals surface area contributed by atoms with Gasteiger partial charge < -0.3 is 9.13 Å². The quantitative estimate of drug-likeness (QED) is 0.741. The van der Waals surface area contributed by atoms with Crippen LogP contribution in [0.15, 0.2) is 32.7 Å². The van der Waals surface area contributed by atoms with Crippen LogP contribution >= 0.6 is 0 Å². The number of hydrogen-bond acceptors (Lipinski definition) is 4. The minimum Gasteiger partial charge on any atom is -0.305 e. The molecule has 0 saturated carbocycles. The summed E-state index contributed by atoms with van der Waals surface area (Å²) in [5, 5.41) is 0. The van der Waals surface area contributed by atoms with Crippen LogP contribution in [0.4, 0.5) is 0 Å². The predicted molar refractivity (Wildman–Crippen MR) is 96.1 cm³/mol. The first kappa shape index (κ1) is 17.9. The number of hydrogen-bond donors (Lipinski definition) is 0. The summed E-state index contributed by atoms with van der Waals surface area (Å²) in [5.41, 5.74) is -0.369. The lowest BCUT2D eigenvalue weighted by Gasteiger charge is -2.34. The van der Waals surface area contributed by atoms with Crippen LogP contribution in [0.2, 0.25) is 0 Å². The Kier molecular flexibility index (Phi) is 4.36. The average molecular weight is 365 g/mol. The lowest BCUT2D eigenvalue weighted by atomic mass is 9.94. The van der Waals surface area contributed by atoms with E-state index in [-0.39, 0.29) is 4.90 Å². The van der Waals surface area contributed by atoms with Crippen LogP contribution in [-0.2, 0) is 24.1 Å². The van der Waals surface area contributed by atoms with Gasteiger partial charge in [-0.1, -0.05) is 13.8 Å². The molecule has 2 atom stereocenters. The van der Waals surface area contributed by atoms with Crippen molar-refractivity contribution < 1.29 is 8.42 Å². The van der Waals surface area contributed by atoms with Gasteiger partial charge in [-0.3, -0.25) is 9.59 Å². The second-order valence-corrected chi connectivity index (χ2v) is 9.08. The fourth-order valence-corrected chi connectivity index (χ4v) is 5.37. The normalized spacial score (nSPS) is 22.4. The van der Waals surface area contributed by atoms with E-state index in [0.717, 1.165) is 6.42 Å². The maximum absolute atomic E-state index is 13.0. The van der Waals surface area contributed by atoms with E-state index in [1.54, 1.807) is 6.07 Å². The van der Waals surface area contributed by atoms with E-state index in [4.69, 9.17) is 0 Å². The van der Waals surface area contributed by atoms with E-state index in [2.05, 4.69) is 13.8 Å². The third-order valence-corrected chi connectivity index (χ3v) is 6.76. The summed E-state index contributed by atoms with van der Waals surface area (Å²) in [5.74, 6) is 0.619. The highest BCUT2D eigenvalue weighted by atomic mass is 32.2. The lowest BCUT2D eigenvalue weighted by molar-refractivity contribution is 0.222. The Hall–Kier alpha value is -1.93. The summed E-state index contributed by atoms with van der Waals surface area (Å²) < 4.78 is 30.1. The summed E-state index contributed by atoms with van der Waals surface area (Å²) in [7, 11) is -0.653. The zero-order chi connectivity index (χ0) is 18.5. The minimum absolute atomic E-state index is 0.148. The highest BCUT2D eigenvalue weighted by Gasteiger charge is 2.32. The standard InChI is InChI=1S/C17H23N3O4S/c1-11-7-12(2)10-20(9-11)25(23,24)13-5-6-14-15(8-13)19(4)17(22)16(21)18(14)3/h5-6,8,11-12H,7,9-10H2,1-4H3/t11-,12-/m1/s1. The van der Waals surface area contributed by atoms with Gasteiger partial charge in [0.05, 0.1) is 15.9 Å². The molecule has 0 N–H and O–H groups in total. The van der Waals surface area contributed by atoms with Crippen LogP contribution in [0.3, 0.4) is 0 Å². The Morgan fingerprint density at radius 2 is 1.44 bits per heavy atom. The zero-order valence-corrected chi connectivity index (χ0v) is 15.7. The molecular formula is C17H23N3O4S. The van der Waals surface area contributed by atoms with Gasteiger partial charge in [0.15, 0.2) is 0 Å². The van der Waals surface area contributed by atoms with E-state index in [9.17, 15) is 18.0 Å². The molecule has 1 aromatic carbocycles. The maximum Gasteiger partial charge on any atom is 0.316 e. The van der Waals surface area contributed by atoms with Crippen molar-refractivity contribution in [3.05, 3.63) is 38.9 Å². The molecule has 2 aromatic rings. The Labute approximate surface area is 146 Å². The zero-order valence-electron chi connectivity index (χ0n) is 14.9. The van der Waals surface area contributed by atoms with E-state index in [0.29, 0.717) is 36.0 Å². The topological polar surface area (TPSA) is 81.4 Å². The third-order valence-electron chi connectivity index (χ3n) is 4.93. The Morgan fingerprint density at radius 1 is 0.920 bits per heavy atom. The highest BCUT2D eigenvalue weighted by Crippen LogP contribution is 2.27. The molecule has 25 heavy (non-hydrogen) atoms. The van der Waals surface area contributed by atoms with E-state index < -0.39 is 21.1 Å². The number of nitrogens with zero attached hydrogens (tertiary/aromatic N) is 3. The maximum atomic E-state index is 13.0. The molecule has 136 valence electrons. The van der Waals surface area contributed by atoms with Crippen LogP contribution < -0.4 is 11.1 Å². The van der Waals surface area contributed by atoms with Gasteiger partial charge in [-0.25, -0.2) is 8.42 Å². The summed E-state index contributed by atoms with van der Waals surface area (Å²) in [6.45, 7) is 5.10.